The molecule has 2 rings (SSSR count). The SMILES string of the molecule is CCCNc1ccnc(CN(C)Cc2ccccc2)c1. The van der Waals surface area contributed by atoms with Crippen LogP contribution in [-0.4, -0.2) is 23.5 Å². The summed E-state index contributed by atoms with van der Waals surface area (Å²) in [4.78, 5) is 6.73. The Morgan fingerprint density at radius 2 is 1.90 bits per heavy atom. The van der Waals surface area contributed by atoms with E-state index in [9.17, 15) is 0 Å². The molecule has 1 N–H and O–H groups in total. The molecule has 3 nitrogen and oxygen atoms in total. The van der Waals surface area contributed by atoms with Crippen LogP contribution in [-0.2, 0) is 13.1 Å². The van der Waals surface area contributed by atoms with Crippen LogP contribution in [0.2, 0.25) is 0 Å². The number of aromatic nitrogens is 1. The molecular formula is C17H23N3. The third-order valence-electron chi connectivity index (χ3n) is 3.12. The van der Waals surface area contributed by atoms with Crippen LogP contribution in [0.1, 0.15) is 24.6 Å². The van der Waals surface area contributed by atoms with Crippen LogP contribution in [0.5, 0.6) is 0 Å². The first kappa shape index (κ1) is 14.5. The highest BCUT2D eigenvalue weighted by atomic mass is 15.1. The summed E-state index contributed by atoms with van der Waals surface area (Å²) in [6, 6.07) is 14.7. The smallest absolute Gasteiger partial charge is 0.0564 e. The zero-order chi connectivity index (χ0) is 14.2. The van der Waals surface area contributed by atoms with Gasteiger partial charge in [-0.15, -0.1) is 0 Å². The molecule has 3 heteroatoms. The fourth-order valence-electron chi connectivity index (χ4n) is 2.17. The third kappa shape index (κ3) is 4.67. The fourth-order valence-corrected chi connectivity index (χ4v) is 2.17. The predicted octanol–water partition coefficient (Wildman–Crippen LogP) is 3.54. The van der Waals surface area contributed by atoms with Crippen LogP contribution in [0.15, 0.2) is 48.7 Å². The molecule has 2 aromatic rings. The van der Waals surface area contributed by atoms with Crippen molar-refractivity contribution >= 4 is 5.69 Å². The zero-order valence-corrected chi connectivity index (χ0v) is 12.3. The highest BCUT2D eigenvalue weighted by Gasteiger charge is 2.03. The van der Waals surface area contributed by atoms with Gasteiger partial charge in [0.25, 0.3) is 0 Å². The minimum Gasteiger partial charge on any atom is -0.385 e. The van der Waals surface area contributed by atoms with Crippen molar-refractivity contribution in [2.24, 2.45) is 0 Å². The molecule has 0 unspecified atom stereocenters. The second-order valence-electron chi connectivity index (χ2n) is 5.12. The van der Waals surface area contributed by atoms with E-state index in [0.29, 0.717) is 0 Å². The second kappa shape index (κ2) is 7.65. The van der Waals surface area contributed by atoms with Crippen molar-refractivity contribution in [2.75, 3.05) is 18.9 Å². The number of hydrogen-bond acceptors (Lipinski definition) is 3. The van der Waals surface area contributed by atoms with Crippen molar-refractivity contribution in [3.63, 3.8) is 0 Å². The van der Waals surface area contributed by atoms with Crippen molar-refractivity contribution in [3.05, 3.63) is 59.9 Å². The number of hydrogen-bond donors (Lipinski definition) is 1. The lowest BCUT2D eigenvalue weighted by molar-refractivity contribution is 0.315. The Labute approximate surface area is 121 Å². The van der Waals surface area contributed by atoms with Gasteiger partial charge < -0.3 is 5.32 Å². The molecule has 0 aliphatic carbocycles. The average molecular weight is 269 g/mol. The van der Waals surface area contributed by atoms with E-state index in [4.69, 9.17) is 0 Å². The molecule has 0 radical (unpaired) electrons. The van der Waals surface area contributed by atoms with E-state index in [1.807, 2.05) is 18.3 Å². The molecule has 1 heterocycles. The van der Waals surface area contributed by atoms with Gasteiger partial charge in [-0.05, 0) is 31.2 Å². The maximum absolute atomic E-state index is 4.45. The molecule has 106 valence electrons. The number of nitrogens with one attached hydrogen (secondary N) is 1. The molecule has 0 atom stereocenters. The lowest BCUT2D eigenvalue weighted by atomic mass is 10.2. The van der Waals surface area contributed by atoms with Crippen LogP contribution in [0.25, 0.3) is 0 Å². The molecule has 0 saturated heterocycles. The topological polar surface area (TPSA) is 28.2 Å². The van der Waals surface area contributed by atoms with Crippen LogP contribution in [0.4, 0.5) is 5.69 Å². The zero-order valence-electron chi connectivity index (χ0n) is 12.3. The molecular weight excluding hydrogens is 246 g/mol. The van der Waals surface area contributed by atoms with E-state index in [2.05, 4.69) is 59.5 Å². The predicted molar refractivity (Wildman–Crippen MR) is 84.6 cm³/mol. The lowest BCUT2D eigenvalue weighted by Gasteiger charge is -2.16. The minimum atomic E-state index is 0.858. The first-order valence-corrected chi connectivity index (χ1v) is 7.19. The molecule has 0 saturated carbocycles. The van der Waals surface area contributed by atoms with Gasteiger partial charge in [0.1, 0.15) is 0 Å². The third-order valence-corrected chi connectivity index (χ3v) is 3.12. The summed E-state index contributed by atoms with van der Waals surface area (Å²) in [5.41, 5.74) is 3.59. The summed E-state index contributed by atoms with van der Waals surface area (Å²) in [5, 5.41) is 3.40. The van der Waals surface area contributed by atoms with Gasteiger partial charge in [-0.25, -0.2) is 0 Å². The van der Waals surface area contributed by atoms with Gasteiger partial charge in [0.2, 0.25) is 0 Å². The fraction of sp³-hybridized carbons (Fsp3) is 0.353. The monoisotopic (exact) mass is 269 g/mol. The van der Waals surface area contributed by atoms with Crippen LogP contribution >= 0.6 is 0 Å². The normalized spacial score (nSPS) is 10.8. The molecule has 0 aliphatic heterocycles. The summed E-state index contributed by atoms with van der Waals surface area (Å²) in [6.07, 6.45) is 3.01. The standard InChI is InChI=1S/C17H23N3/c1-3-10-18-16-9-11-19-17(12-16)14-20(2)13-15-7-5-4-6-8-15/h4-9,11-12H,3,10,13-14H2,1-2H3,(H,18,19). The van der Waals surface area contributed by atoms with Crippen molar-refractivity contribution in [1.29, 1.82) is 0 Å². The lowest BCUT2D eigenvalue weighted by Crippen LogP contribution is -2.18. The molecule has 0 fully saturated rings. The van der Waals surface area contributed by atoms with Gasteiger partial charge in [-0.3, -0.25) is 9.88 Å². The van der Waals surface area contributed by atoms with E-state index in [1.54, 1.807) is 0 Å². The Balaban J connectivity index is 1.92. The maximum atomic E-state index is 4.45. The van der Waals surface area contributed by atoms with E-state index < -0.39 is 0 Å². The van der Waals surface area contributed by atoms with Gasteiger partial charge in [0.15, 0.2) is 0 Å². The van der Waals surface area contributed by atoms with Gasteiger partial charge in [0, 0.05) is 31.5 Å². The molecule has 0 aliphatic rings. The van der Waals surface area contributed by atoms with Gasteiger partial charge in [-0.2, -0.15) is 0 Å². The van der Waals surface area contributed by atoms with Gasteiger partial charge in [0.05, 0.1) is 5.69 Å². The Hall–Kier alpha value is -1.87. The molecule has 1 aromatic heterocycles. The summed E-state index contributed by atoms with van der Waals surface area (Å²) in [7, 11) is 2.13. The molecule has 0 amide bonds. The average Bonchev–Trinajstić information content (AvgIpc) is 2.46. The molecule has 0 spiro atoms. The summed E-state index contributed by atoms with van der Waals surface area (Å²) >= 11 is 0. The minimum absolute atomic E-state index is 0.858. The number of rotatable bonds is 7. The maximum Gasteiger partial charge on any atom is 0.0564 e. The summed E-state index contributed by atoms with van der Waals surface area (Å²) < 4.78 is 0. The number of benzene rings is 1. The Kier molecular flexibility index (Phi) is 5.56. The van der Waals surface area contributed by atoms with E-state index in [1.165, 1.54) is 5.56 Å². The highest BCUT2D eigenvalue weighted by molar-refractivity contribution is 5.43. The van der Waals surface area contributed by atoms with Crippen LogP contribution in [0, 0.1) is 0 Å². The largest absolute Gasteiger partial charge is 0.385 e. The second-order valence-corrected chi connectivity index (χ2v) is 5.12. The highest BCUT2D eigenvalue weighted by Crippen LogP contribution is 2.11. The first-order valence-electron chi connectivity index (χ1n) is 7.19. The van der Waals surface area contributed by atoms with Crippen LogP contribution < -0.4 is 5.32 Å². The first-order chi connectivity index (χ1) is 9.78. The quantitative estimate of drug-likeness (QED) is 0.833. The van der Waals surface area contributed by atoms with E-state index in [-0.39, 0.29) is 0 Å². The van der Waals surface area contributed by atoms with Crippen molar-refractivity contribution < 1.29 is 0 Å². The Morgan fingerprint density at radius 1 is 1.10 bits per heavy atom. The number of nitrogens with zero attached hydrogens (tertiary/aromatic N) is 2. The molecule has 0 bridgehead atoms. The van der Waals surface area contributed by atoms with Gasteiger partial charge in [-0.1, -0.05) is 37.3 Å². The summed E-state index contributed by atoms with van der Waals surface area (Å²) in [6.45, 7) is 4.97. The van der Waals surface area contributed by atoms with Crippen molar-refractivity contribution in [2.45, 2.75) is 26.4 Å². The van der Waals surface area contributed by atoms with E-state index in [0.717, 1.165) is 37.4 Å². The Bertz CT molecular complexity index is 511. The van der Waals surface area contributed by atoms with E-state index >= 15 is 0 Å². The van der Waals surface area contributed by atoms with Crippen molar-refractivity contribution in [1.82, 2.24) is 9.88 Å². The molecule has 1 aromatic carbocycles. The Morgan fingerprint density at radius 3 is 2.65 bits per heavy atom. The van der Waals surface area contributed by atoms with Crippen molar-refractivity contribution in [3.8, 4) is 0 Å². The number of pyridine rings is 1. The van der Waals surface area contributed by atoms with Gasteiger partial charge >= 0.3 is 0 Å². The summed E-state index contributed by atoms with van der Waals surface area (Å²) in [5.74, 6) is 0. The van der Waals surface area contributed by atoms with Crippen LogP contribution in [0.3, 0.4) is 0 Å². The number of anilines is 1. The molecule has 20 heavy (non-hydrogen) atoms.